The Labute approximate surface area is 132 Å². The summed E-state index contributed by atoms with van der Waals surface area (Å²) < 4.78 is 5.29. The predicted molar refractivity (Wildman–Crippen MR) is 90.3 cm³/mol. The molecule has 1 unspecified atom stereocenters. The van der Waals surface area contributed by atoms with Crippen molar-refractivity contribution >= 4 is 10.9 Å². The van der Waals surface area contributed by atoms with Gasteiger partial charge in [0.05, 0.1) is 18.7 Å². The van der Waals surface area contributed by atoms with Crippen molar-refractivity contribution in [1.29, 1.82) is 0 Å². The van der Waals surface area contributed by atoms with E-state index >= 15 is 0 Å². The fourth-order valence-electron chi connectivity index (χ4n) is 2.67. The first-order valence-corrected chi connectivity index (χ1v) is 8.02. The fourth-order valence-corrected chi connectivity index (χ4v) is 2.67. The first-order valence-electron chi connectivity index (χ1n) is 8.02. The van der Waals surface area contributed by atoms with Crippen molar-refractivity contribution in [3.63, 3.8) is 0 Å². The van der Waals surface area contributed by atoms with Crippen molar-refractivity contribution < 1.29 is 9.84 Å². The number of pyridine rings is 1. The molecule has 4 nitrogen and oxygen atoms in total. The molecule has 0 bridgehead atoms. The first-order chi connectivity index (χ1) is 10.7. The largest absolute Gasteiger partial charge is 0.497 e. The summed E-state index contributed by atoms with van der Waals surface area (Å²) in [6.45, 7) is 6.94. The van der Waals surface area contributed by atoms with Crippen LogP contribution in [0.4, 0.5) is 0 Å². The van der Waals surface area contributed by atoms with Gasteiger partial charge in [0.15, 0.2) is 0 Å². The minimum atomic E-state index is -0.519. The molecule has 1 aromatic carbocycles. The van der Waals surface area contributed by atoms with E-state index < -0.39 is 6.10 Å². The van der Waals surface area contributed by atoms with Crippen molar-refractivity contribution in [2.45, 2.75) is 32.8 Å². The number of benzene rings is 1. The highest BCUT2D eigenvalue weighted by atomic mass is 16.5. The molecule has 2 rings (SSSR count). The number of unbranched alkanes of at least 4 members (excludes halogenated alkanes) is 1. The van der Waals surface area contributed by atoms with Gasteiger partial charge in [0.25, 0.3) is 0 Å². The quantitative estimate of drug-likeness (QED) is 0.812. The number of ether oxygens (including phenoxy) is 1. The molecule has 0 aliphatic rings. The number of aliphatic hydroxyl groups is 1. The number of aromatic nitrogens is 1. The smallest absolute Gasteiger partial charge is 0.119 e. The van der Waals surface area contributed by atoms with Crippen LogP contribution in [0.15, 0.2) is 30.5 Å². The van der Waals surface area contributed by atoms with Gasteiger partial charge in [-0.2, -0.15) is 0 Å². The lowest BCUT2D eigenvalue weighted by molar-refractivity contribution is 0.116. The SMILES string of the molecule is CCCCN(CC)CC(O)c1ccnc2ccc(OC)cc12. The molecule has 4 heteroatoms. The second kappa shape index (κ2) is 8.11. The summed E-state index contributed by atoms with van der Waals surface area (Å²) in [5.41, 5.74) is 1.80. The number of hydrogen-bond acceptors (Lipinski definition) is 4. The minimum Gasteiger partial charge on any atom is -0.497 e. The molecule has 0 amide bonds. The maximum absolute atomic E-state index is 10.7. The third kappa shape index (κ3) is 3.96. The molecule has 0 saturated carbocycles. The molecule has 120 valence electrons. The molecular weight excluding hydrogens is 276 g/mol. The van der Waals surface area contributed by atoms with Gasteiger partial charge < -0.3 is 14.7 Å². The number of rotatable bonds is 8. The number of hydrogen-bond donors (Lipinski definition) is 1. The van der Waals surface area contributed by atoms with Crippen LogP contribution in [0.5, 0.6) is 5.75 Å². The summed E-state index contributed by atoms with van der Waals surface area (Å²) in [7, 11) is 1.65. The Hall–Kier alpha value is -1.65. The molecule has 1 atom stereocenters. The van der Waals surface area contributed by atoms with Crippen LogP contribution < -0.4 is 4.74 Å². The van der Waals surface area contributed by atoms with Gasteiger partial charge in [0.2, 0.25) is 0 Å². The lowest BCUT2D eigenvalue weighted by Crippen LogP contribution is -2.29. The summed E-state index contributed by atoms with van der Waals surface area (Å²) in [5, 5.41) is 11.6. The molecule has 0 fully saturated rings. The molecule has 1 heterocycles. The number of methoxy groups -OCH3 is 1. The van der Waals surface area contributed by atoms with Crippen LogP contribution in [0.2, 0.25) is 0 Å². The third-order valence-electron chi connectivity index (χ3n) is 4.05. The van der Waals surface area contributed by atoms with Crippen molar-refractivity contribution in [1.82, 2.24) is 9.88 Å². The minimum absolute atomic E-state index is 0.519. The van der Waals surface area contributed by atoms with E-state index in [0.29, 0.717) is 6.54 Å². The van der Waals surface area contributed by atoms with Crippen LogP contribution in [0.1, 0.15) is 38.4 Å². The average Bonchev–Trinajstić information content (AvgIpc) is 2.57. The van der Waals surface area contributed by atoms with Gasteiger partial charge >= 0.3 is 0 Å². The Morgan fingerprint density at radius 1 is 1.27 bits per heavy atom. The van der Waals surface area contributed by atoms with E-state index in [1.807, 2.05) is 24.3 Å². The summed E-state index contributed by atoms with van der Waals surface area (Å²) in [6.07, 6.45) is 3.57. The van der Waals surface area contributed by atoms with Gasteiger partial charge in [-0.1, -0.05) is 20.3 Å². The summed E-state index contributed by atoms with van der Waals surface area (Å²) in [5.74, 6) is 0.785. The number of nitrogens with zero attached hydrogens (tertiary/aromatic N) is 2. The van der Waals surface area contributed by atoms with Crippen molar-refractivity contribution in [3.05, 3.63) is 36.0 Å². The van der Waals surface area contributed by atoms with Gasteiger partial charge in [-0.15, -0.1) is 0 Å². The molecule has 0 aliphatic carbocycles. The van der Waals surface area contributed by atoms with Gasteiger partial charge in [-0.25, -0.2) is 0 Å². The highest BCUT2D eigenvalue weighted by Gasteiger charge is 2.15. The fraction of sp³-hybridized carbons (Fsp3) is 0.500. The average molecular weight is 302 g/mol. The molecular formula is C18H26N2O2. The number of aliphatic hydroxyl groups excluding tert-OH is 1. The normalized spacial score (nSPS) is 12.8. The maximum atomic E-state index is 10.7. The van der Waals surface area contributed by atoms with Gasteiger partial charge in [0.1, 0.15) is 5.75 Å². The number of fused-ring (bicyclic) bond motifs is 1. The molecule has 2 aromatic rings. The Bertz CT molecular complexity index is 601. The van der Waals surface area contributed by atoms with E-state index in [0.717, 1.165) is 41.7 Å². The lowest BCUT2D eigenvalue weighted by Gasteiger charge is -2.24. The molecule has 0 spiro atoms. The second-order valence-corrected chi connectivity index (χ2v) is 5.55. The van der Waals surface area contributed by atoms with E-state index in [9.17, 15) is 5.11 Å². The number of likely N-dealkylation sites (N-methyl/N-ethyl adjacent to an activating group) is 1. The predicted octanol–water partition coefficient (Wildman–Crippen LogP) is 3.40. The topological polar surface area (TPSA) is 45.6 Å². The van der Waals surface area contributed by atoms with E-state index in [1.54, 1.807) is 13.3 Å². The maximum Gasteiger partial charge on any atom is 0.119 e. The highest BCUT2D eigenvalue weighted by molar-refractivity contribution is 5.83. The van der Waals surface area contributed by atoms with Crippen LogP contribution in [0, 0.1) is 0 Å². The van der Waals surface area contributed by atoms with Gasteiger partial charge in [0, 0.05) is 18.1 Å². The van der Waals surface area contributed by atoms with E-state index in [1.165, 1.54) is 6.42 Å². The van der Waals surface area contributed by atoms with Crippen LogP contribution >= 0.6 is 0 Å². The summed E-state index contributed by atoms with van der Waals surface area (Å²) in [4.78, 5) is 6.66. The second-order valence-electron chi connectivity index (χ2n) is 5.55. The Morgan fingerprint density at radius 2 is 2.09 bits per heavy atom. The first kappa shape index (κ1) is 16.7. The molecule has 0 radical (unpaired) electrons. The van der Waals surface area contributed by atoms with Gasteiger partial charge in [-0.05, 0) is 49.3 Å². The molecule has 1 N–H and O–H groups in total. The van der Waals surface area contributed by atoms with Crippen molar-refractivity contribution in [3.8, 4) is 5.75 Å². The van der Waals surface area contributed by atoms with Crippen molar-refractivity contribution in [2.24, 2.45) is 0 Å². The monoisotopic (exact) mass is 302 g/mol. The van der Waals surface area contributed by atoms with Crippen LogP contribution in [-0.2, 0) is 0 Å². The zero-order valence-electron chi connectivity index (χ0n) is 13.7. The van der Waals surface area contributed by atoms with Crippen molar-refractivity contribution in [2.75, 3.05) is 26.7 Å². The zero-order valence-corrected chi connectivity index (χ0v) is 13.7. The zero-order chi connectivity index (χ0) is 15.9. The standard InChI is InChI=1S/C18H26N2O2/c1-4-6-11-20(5-2)13-18(21)15-9-10-19-17-8-7-14(22-3)12-16(15)17/h7-10,12,18,21H,4-6,11,13H2,1-3H3. The van der Waals surface area contributed by atoms with Crippen LogP contribution in [0.25, 0.3) is 10.9 Å². The van der Waals surface area contributed by atoms with E-state index in [2.05, 4.69) is 23.7 Å². The Balaban J connectivity index is 2.24. The molecule has 22 heavy (non-hydrogen) atoms. The summed E-state index contributed by atoms with van der Waals surface area (Å²) in [6, 6.07) is 7.67. The Kier molecular flexibility index (Phi) is 6.16. The lowest BCUT2D eigenvalue weighted by atomic mass is 10.0. The Morgan fingerprint density at radius 3 is 2.77 bits per heavy atom. The molecule has 1 aromatic heterocycles. The van der Waals surface area contributed by atoms with Crippen LogP contribution in [0.3, 0.4) is 0 Å². The summed E-state index contributed by atoms with van der Waals surface area (Å²) >= 11 is 0. The van der Waals surface area contributed by atoms with Gasteiger partial charge in [-0.3, -0.25) is 4.98 Å². The van der Waals surface area contributed by atoms with E-state index in [-0.39, 0.29) is 0 Å². The highest BCUT2D eigenvalue weighted by Crippen LogP contribution is 2.27. The van der Waals surface area contributed by atoms with Crippen LogP contribution in [-0.4, -0.2) is 41.7 Å². The molecule has 0 saturated heterocycles. The van der Waals surface area contributed by atoms with E-state index in [4.69, 9.17) is 4.74 Å². The molecule has 0 aliphatic heterocycles. The third-order valence-corrected chi connectivity index (χ3v) is 4.05.